The summed E-state index contributed by atoms with van der Waals surface area (Å²) in [6.45, 7) is 3.01. The second-order valence-electron chi connectivity index (χ2n) is 4.91. The summed E-state index contributed by atoms with van der Waals surface area (Å²) >= 11 is 0. The van der Waals surface area contributed by atoms with Crippen LogP contribution in [0.25, 0.3) is 0 Å². The summed E-state index contributed by atoms with van der Waals surface area (Å²) in [5.74, 6) is 0.202. The van der Waals surface area contributed by atoms with Crippen molar-refractivity contribution in [1.29, 1.82) is 0 Å². The van der Waals surface area contributed by atoms with Gasteiger partial charge in [0, 0.05) is 18.2 Å². The Kier molecular flexibility index (Phi) is 2.78. The minimum atomic E-state index is -0.175. The topological polar surface area (TPSA) is 12.0 Å². The number of halogens is 1. The van der Waals surface area contributed by atoms with E-state index in [0.717, 1.165) is 18.7 Å². The van der Waals surface area contributed by atoms with Crippen LogP contribution < -0.4 is 5.32 Å². The standard InChI is InChI=1S/C16H16FN/c1-11-3-2-4-12(9-11)14-7-8-18-16-10-13(17)5-6-15(14)16/h2-6,9-10,14,18H,7-8H2,1H3. The molecule has 1 nitrogen and oxygen atoms in total. The molecule has 1 atom stereocenters. The molecule has 1 heterocycles. The van der Waals surface area contributed by atoms with Crippen LogP contribution in [0.2, 0.25) is 0 Å². The number of fused-ring (bicyclic) bond motifs is 1. The summed E-state index contributed by atoms with van der Waals surface area (Å²) in [6, 6.07) is 13.6. The number of benzene rings is 2. The van der Waals surface area contributed by atoms with Crippen molar-refractivity contribution in [3.63, 3.8) is 0 Å². The van der Waals surface area contributed by atoms with Gasteiger partial charge in [-0.1, -0.05) is 35.9 Å². The maximum absolute atomic E-state index is 13.2. The first-order chi connectivity index (χ1) is 8.74. The minimum absolute atomic E-state index is 0.175. The molecule has 18 heavy (non-hydrogen) atoms. The van der Waals surface area contributed by atoms with E-state index in [1.807, 2.05) is 6.07 Å². The van der Waals surface area contributed by atoms with Crippen molar-refractivity contribution in [2.75, 3.05) is 11.9 Å². The lowest BCUT2D eigenvalue weighted by Gasteiger charge is -2.27. The number of hydrogen-bond acceptors (Lipinski definition) is 1. The summed E-state index contributed by atoms with van der Waals surface area (Å²) < 4.78 is 13.2. The third kappa shape index (κ3) is 1.99. The van der Waals surface area contributed by atoms with Crippen LogP contribution in [0.5, 0.6) is 0 Å². The van der Waals surface area contributed by atoms with E-state index in [9.17, 15) is 4.39 Å². The third-order valence-corrected chi connectivity index (χ3v) is 3.58. The van der Waals surface area contributed by atoms with Crippen LogP contribution in [-0.4, -0.2) is 6.54 Å². The van der Waals surface area contributed by atoms with Crippen LogP contribution >= 0.6 is 0 Å². The van der Waals surface area contributed by atoms with Crippen molar-refractivity contribution < 1.29 is 4.39 Å². The largest absolute Gasteiger partial charge is 0.385 e. The first kappa shape index (κ1) is 11.3. The lowest BCUT2D eigenvalue weighted by atomic mass is 9.84. The van der Waals surface area contributed by atoms with Gasteiger partial charge in [0.2, 0.25) is 0 Å². The minimum Gasteiger partial charge on any atom is -0.385 e. The molecule has 2 aromatic rings. The average Bonchev–Trinajstić information content (AvgIpc) is 2.37. The van der Waals surface area contributed by atoms with Gasteiger partial charge in [-0.15, -0.1) is 0 Å². The molecule has 0 saturated heterocycles. The predicted octanol–water partition coefficient (Wildman–Crippen LogP) is 4.08. The lowest BCUT2D eigenvalue weighted by molar-refractivity contribution is 0.623. The highest BCUT2D eigenvalue weighted by Crippen LogP contribution is 2.36. The summed E-state index contributed by atoms with van der Waals surface area (Å²) in [5, 5.41) is 3.28. The van der Waals surface area contributed by atoms with Gasteiger partial charge in [0.05, 0.1) is 0 Å². The van der Waals surface area contributed by atoms with Crippen LogP contribution in [0, 0.1) is 12.7 Å². The molecule has 0 radical (unpaired) electrons. The molecule has 2 heteroatoms. The molecule has 92 valence electrons. The van der Waals surface area contributed by atoms with Crippen molar-refractivity contribution in [2.45, 2.75) is 19.3 Å². The Balaban J connectivity index is 2.06. The van der Waals surface area contributed by atoms with Gasteiger partial charge in [-0.2, -0.15) is 0 Å². The maximum atomic E-state index is 13.2. The molecule has 1 aliphatic heterocycles. The fourth-order valence-corrected chi connectivity index (χ4v) is 2.73. The van der Waals surface area contributed by atoms with E-state index in [0.29, 0.717) is 5.92 Å². The van der Waals surface area contributed by atoms with Gasteiger partial charge in [0.15, 0.2) is 0 Å². The average molecular weight is 241 g/mol. The third-order valence-electron chi connectivity index (χ3n) is 3.58. The molecule has 0 spiro atoms. The van der Waals surface area contributed by atoms with Gasteiger partial charge in [0.1, 0.15) is 5.82 Å². The fourth-order valence-electron chi connectivity index (χ4n) is 2.73. The molecule has 1 N–H and O–H groups in total. The summed E-state index contributed by atoms with van der Waals surface area (Å²) in [6.07, 6.45) is 1.06. The zero-order valence-electron chi connectivity index (χ0n) is 10.4. The smallest absolute Gasteiger partial charge is 0.125 e. The van der Waals surface area contributed by atoms with E-state index >= 15 is 0 Å². The molecule has 0 aliphatic carbocycles. The van der Waals surface area contributed by atoms with E-state index in [1.165, 1.54) is 16.7 Å². The second-order valence-corrected chi connectivity index (χ2v) is 4.91. The number of aryl methyl sites for hydroxylation is 1. The Morgan fingerprint density at radius 2 is 2.06 bits per heavy atom. The first-order valence-corrected chi connectivity index (χ1v) is 6.34. The zero-order chi connectivity index (χ0) is 12.5. The van der Waals surface area contributed by atoms with E-state index in [2.05, 4.69) is 36.5 Å². The Bertz CT molecular complexity index is 577. The normalized spacial score (nSPS) is 18.0. The molecule has 1 aliphatic rings. The number of nitrogens with one attached hydrogen (secondary N) is 1. The van der Waals surface area contributed by atoms with E-state index in [1.54, 1.807) is 12.1 Å². The Hall–Kier alpha value is -1.83. The van der Waals surface area contributed by atoms with Gasteiger partial charge in [-0.05, 0) is 36.6 Å². The van der Waals surface area contributed by atoms with Crippen LogP contribution in [-0.2, 0) is 0 Å². The van der Waals surface area contributed by atoms with E-state index < -0.39 is 0 Å². The monoisotopic (exact) mass is 241 g/mol. The van der Waals surface area contributed by atoms with Gasteiger partial charge in [-0.25, -0.2) is 4.39 Å². The van der Waals surface area contributed by atoms with E-state index in [-0.39, 0.29) is 5.82 Å². The molecule has 3 rings (SSSR count). The molecule has 0 saturated carbocycles. The Morgan fingerprint density at radius 3 is 2.89 bits per heavy atom. The highest BCUT2D eigenvalue weighted by Gasteiger charge is 2.21. The molecule has 0 aromatic heterocycles. The van der Waals surface area contributed by atoms with Gasteiger partial charge in [-0.3, -0.25) is 0 Å². The highest BCUT2D eigenvalue weighted by atomic mass is 19.1. The summed E-state index contributed by atoms with van der Waals surface area (Å²) in [7, 11) is 0. The molecule has 0 amide bonds. The fraction of sp³-hybridized carbons (Fsp3) is 0.250. The molecule has 0 bridgehead atoms. The summed E-state index contributed by atoms with van der Waals surface area (Å²) in [5.41, 5.74) is 4.74. The van der Waals surface area contributed by atoms with E-state index in [4.69, 9.17) is 0 Å². The Labute approximate surface area is 107 Å². The lowest BCUT2D eigenvalue weighted by Crippen LogP contribution is -2.17. The number of rotatable bonds is 1. The first-order valence-electron chi connectivity index (χ1n) is 6.34. The van der Waals surface area contributed by atoms with Crippen LogP contribution in [0.4, 0.5) is 10.1 Å². The summed E-state index contributed by atoms with van der Waals surface area (Å²) in [4.78, 5) is 0. The van der Waals surface area contributed by atoms with Crippen molar-refractivity contribution in [3.05, 3.63) is 65.0 Å². The van der Waals surface area contributed by atoms with Gasteiger partial charge >= 0.3 is 0 Å². The molecular weight excluding hydrogens is 225 g/mol. The number of anilines is 1. The quantitative estimate of drug-likeness (QED) is 0.793. The second kappa shape index (κ2) is 4.45. The van der Waals surface area contributed by atoms with Crippen LogP contribution in [0.3, 0.4) is 0 Å². The van der Waals surface area contributed by atoms with Gasteiger partial charge in [0.25, 0.3) is 0 Å². The molecular formula is C16H16FN. The van der Waals surface area contributed by atoms with Crippen LogP contribution in [0.1, 0.15) is 29.0 Å². The van der Waals surface area contributed by atoms with Crippen molar-refractivity contribution in [1.82, 2.24) is 0 Å². The van der Waals surface area contributed by atoms with Crippen LogP contribution in [0.15, 0.2) is 42.5 Å². The molecule has 0 fully saturated rings. The Morgan fingerprint density at radius 1 is 1.17 bits per heavy atom. The molecule has 2 aromatic carbocycles. The van der Waals surface area contributed by atoms with Crippen molar-refractivity contribution in [3.8, 4) is 0 Å². The predicted molar refractivity (Wildman–Crippen MR) is 72.5 cm³/mol. The van der Waals surface area contributed by atoms with Crippen molar-refractivity contribution in [2.24, 2.45) is 0 Å². The zero-order valence-corrected chi connectivity index (χ0v) is 10.4. The number of hydrogen-bond donors (Lipinski definition) is 1. The SMILES string of the molecule is Cc1cccc(C2CCNc3cc(F)ccc32)c1. The van der Waals surface area contributed by atoms with Gasteiger partial charge < -0.3 is 5.32 Å². The van der Waals surface area contributed by atoms with Crippen molar-refractivity contribution >= 4 is 5.69 Å². The molecule has 1 unspecified atom stereocenters. The highest BCUT2D eigenvalue weighted by molar-refractivity contribution is 5.57. The maximum Gasteiger partial charge on any atom is 0.125 e.